The molecule has 0 aliphatic heterocycles. The molecule has 1 fully saturated rings. The van der Waals surface area contributed by atoms with Gasteiger partial charge in [-0.2, -0.15) is 0 Å². The van der Waals surface area contributed by atoms with Crippen molar-refractivity contribution in [3.05, 3.63) is 34.9 Å². The second-order valence-electron chi connectivity index (χ2n) is 4.61. The van der Waals surface area contributed by atoms with Crippen molar-refractivity contribution in [2.45, 2.75) is 31.8 Å². The largest absolute Gasteiger partial charge is 0.352 e. The van der Waals surface area contributed by atoms with Crippen LogP contribution in [0.3, 0.4) is 0 Å². The van der Waals surface area contributed by atoms with E-state index in [0.717, 1.165) is 24.8 Å². The highest BCUT2D eigenvalue weighted by molar-refractivity contribution is 6.30. The smallest absolute Gasteiger partial charge is 0.223 e. The molecule has 2 atom stereocenters. The summed E-state index contributed by atoms with van der Waals surface area (Å²) in [6.07, 6.45) is 2.68. The van der Waals surface area contributed by atoms with Crippen LogP contribution < -0.4 is 11.1 Å². The Balaban J connectivity index is 1.82. The normalized spacial score (nSPS) is 23.6. The number of benzene rings is 1. The number of hydrogen-bond acceptors (Lipinski definition) is 2. The predicted octanol–water partition coefficient (Wildman–Crippen LogP) is 2.08. The molecule has 3 nitrogen and oxygen atoms in total. The molecule has 0 heterocycles. The van der Waals surface area contributed by atoms with Crippen molar-refractivity contribution in [1.82, 2.24) is 5.32 Å². The molecule has 92 valence electrons. The zero-order valence-electron chi connectivity index (χ0n) is 9.66. The van der Waals surface area contributed by atoms with E-state index in [4.69, 9.17) is 17.3 Å². The summed E-state index contributed by atoms with van der Waals surface area (Å²) in [4.78, 5) is 11.8. The van der Waals surface area contributed by atoms with E-state index >= 15 is 0 Å². The lowest BCUT2D eigenvalue weighted by Gasteiger charge is -2.10. The molecule has 1 aromatic carbocycles. The van der Waals surface area contributed by atoms with Crippen LogP contribution in [0.2, 0.25) is 5.02 Å². The summed E-state index contributed by atoms with van der Waals surface area (Å²) in [5, 5.41) is 3.65. The Kier molecular flexibility index (Phi) is 4.02. The fourth-order valence-electron chi connectivity index (χ4n) is 2.19. The highest BCUT2D eigenvalue weighted by Crippen LogP contribution is 2.24. The van der Waals surface area contributed by atoms with Crippen molar-refractivity contribution in [2.75, 3.05) is 0 Å². The van der Waals surface area contributed by atoms with Gasteiger partial charge in [0.2, 0.25) is 5.91 Å². The number of nitrogens with one attached hydrogen (secondary N) is 1. The highest BCUT2D eigenvalue weighted by Gasteiger charge is 2.27. The zero-order chi connectivity index (χ0) is 12.3. The minimum atomic E-state index is 0.0947. The maximum absolute atomic E-state index is 11.8. The molecule has 0 radical (unpaired) electrons. The van der Waals surface area contributed by atoms with Crippen LogP contribution >= 0.6 is 11.6 Å². The monoisotopic (exact) mass is 252 g/mol. The van der Waals surface area contributed by atoms with Crippen LogP contribution in [0, 0.1) is 5.92 Å². The molecule has 2 unspecified atom stereocenters. The van der Waals surface area contributed by atoms with Gasteiger partial charge in [-0.3, -0.25) is 4.79 Å². The van der Waals surface area contributed by atoms with E-state index in [1.165, 1.54) is 0 Å². The Hall–Kier alpha value is -1.06. The lowest BCUT2D eigenvalue weighted by atomic mass is 10.1. The second-order valence-corrected chi connectivity index (χ2v) is 5.05. The number of carbonyl (C=O) groups is 1. The fraction of sp³-hybridized carbons (Fsp3) is 0.462. The third-order valence-corrected chi connectivity index (χ3v) is 3.48. The van der Waals surface area contributed by atoms with Gasteiger partial charge in [-0.1, -0.05) is 23.7 Å². The zero-order valence-corrected chi connectivity index (χ0v) is 10.4. The van der Waals surface area contributed by atoms with E-state index in [2.05, 4.69) is 5.32 Å². The molecule has 0 saturated heterocycles. The van der Waals surface area contributed by atoms with E-state index < -0.39 is 0 Å². The van der Waals surface area contributed by atoms with Crippen molar-refractivity contribution in [2.24, 2.45) is 11.7 Å². The molecular weight excluding hydrogens is 236 g/mol. The molecule has 1 amide bonds. The molecule has 0 bridgehead atoms. The van der Waals surface area contributed by atoms with Crippen LogP contribution in [0.4, 0.5) is 0 Å². The quantitative estimate of drug-likeness (QED) is 0.866. The predicted molar refractivity (Wildman–Crippen MR) is 68.6 cm³/mol. The summed E-state index contributed by atoms with van der Waals surface area (Å²) in [6, 6.07) is 7.69. The SMILES string of the molecule is NC1CCC(C(=O)NCc2ccc(Cl)cc2)C1. The number of nitrogens with two attached hydrogens (primary N) is 1. The van der Waals surface area contributed by atoms with Gasteiger partial charge < -0.3 is 11.1 Å². The van der Waals surface area contributed by atoms with Crippen LogP contribution in [0.1, 0.15) is 24.8 Å². The van der Waals surface area contributed by atoms with Gasteiger partial charge in [0.1, 0.15) is 0 Å². The van der Waals surface area contributed by atoms with E-state index in [-0.39, 0.29) is 17.9 Å². The molecule has 3 N–H and O–H groups in total. The summed E-state index contributed by atoms with van der Waals surface area (Å²) in [6.45, 7) is 0.557. The number of amides is 1. The summed E-state index contributed by atoms with van der Waals surface area (Å²) < 4.78 is 0. The first-order chi connectivity index (χ1) is 8.15. The number of carbonyl (C=O) groups excluding carboxylic acids is 1. The minimum Gasteiger partial charge on any atom is -0.352 e. The molecule has 0 spiro atoms. The minimum absolute atomic E-state index is 0.0947. The highest BCUT2D eigenvalue weighted by atomic mass is 35.5. The van der Waals surface area contributed by atoms with Gasteiger partial charge in [0.25, 0.3) is 0 Å². The van der Waals surface area contributed by atoms with Crippen LogP contribution in [0.5, 0.6) is 0 Å². The summed E-state index contributed by atoms with van der Waals surface area (Å²) >= 11 is 5.79. The maximum atomic E-state index is 11.8. The molecule has 1 saturated carbocycles. The summed E-state index contributed by atoms with van der Waals surface area (Å²) in [5.74, 6) is 0.213. The maximum Gasteiger partial charge on any atom is 0.223 e. The van der Waals surface area contributed by atoms with Gasteiger partial charge in [-0.15, -0.1) is 0 Å². The topological polar surface area (TPSA) is 55.1 Å². The molecule has 2 rings (SSSR count). The molecule has 1 aliphatic rings. The van der Waals surface area contributed by atoms with E-state index in [9.17, 15) is 4.79 Å². The Morgan fingerprint density at radius 2 is 2.06 bits per heavy atom. The Morgan fingerprint density at radius 3 is 2.65 bits per heavy atom. The van der Waals surface area contributed by atoms with Crippen molar-refractivity contribution in [1.29, 1.82) is 0 Å². The molecule has 1 aromatic rings. The van der Waals surface area contributed by atoms with E-state index in [0.29, 0.717) is 11.6 Å². The molecule has 17 heavy (non-hydrogen) atoms. The average Bonchev–Trinajstić information content (AvgIpc) is 2.75. The van der Waals surface area contributed by atoms with Crippen molar-refractivity contribution in [3.8, 4) is 0 Å². The first-order valence-corrected chi connectivity index (χ1v) is 6.30. The summed E-state index contributed by atoms with van der Waals surface area (Å²) in [7, 11) is 0. The molecule has 0 aromatic heterocycles. The Morgan fingerprint density at radius 1 is 1.35 bits per heavy atom. The molecular formula is C13H17ClN2O. The Labute approximate surface area is 106 Å². The van der Waals surface area contributed by atoms with Crippen LogP contribution in [-0.4, -0.2) is 11.9 Å². The van der Waals surface area contributed by atoms with Crippen molar-refractivity contribution >= 4 is 17.5 Å². The fourth-order valence-corrected chi connectivity index (χ4v) is 2.32. The third-order valence-electron chi connectivity index (χ3n) is 3.22. The van der Waals surface area contributed by atoms with Gasteiger partial charge in [0.05, 0.1) is 0 Å². The van der Waals surface area contributed by atoms with Gasteiger partial charge in [0.15, 0.2) is 0 Å². The first kappa shape index (κ1) is 12.4. The van der Waals surface area contributed by atoms with Crippen LogP contribution in [0.15, 0.2) is 24.3 Å². The third kappa shape index (κ3) is 3.45. The first-order valence-electron chi connectivity index (χ1n) is 5.93. The number of halogens is 1. The van der Waals surface area contributed by atoms with Crippen LogP contribution in [0.25, 0.3) is 0 Å². The van der Waals surface area contributed by atoms with Crippen molar-refractivity contribution < 1.29 is 4.79 Å². The van der Waals surface area contributed by atoms with Crippen LogP contribution in [-0.2, 0) is 11.3 Å². The van der Waals surface area contributed by atoms with Gasteiger partial charge in [-0.25, -0.2) is 0 Å². The van der Waals surface area contributed by atoms with Gasteiger partial charge in [-0.05, 0) is 37.0 Å². The van der Waals surface area contributed by atoms with Gasteiger partial charge >= 0.3 is 0 Å². The lowest BCUT2D eigenvalue weighted by Crippen LogP contribution is -2.29. The second kappa shape index (κ2) is 5.52. The standard InChI is InChI=1S/C13H17ClN2O/c14-11-4-1-9(2-5-11)8-16-13(17)10-3-6-12(15)7-10/h1-2,4-5,10,12H,3,6-8,15H2,(H,16,17). The number of hydrogen-bond donors (Lipinski definition) is 2. The van der Waals surface area contributed by atoms with Gasteiger partial charge in [0, 0.05) is 23.5 Å². The van der Waals surface area contributed by atoms with E-state index in [1.54, 1.807) is 0 Å². The van der Waals surface area contributed by atoms with E-state index in [1.807, 2.05) is 24.3 Å². The Bertz CT molecular complexity index is 391. The molecule has 1 aliphatic carbocycles. The summed E-state index contributed by atoms with van der Waals surface area (Å²) in [5.41, 5.74) is 6.85. The number of rotatable bonds is 3. The molecule has 4 heteroatoms. The lowest BCUT2D eigenvalue weighted by molar-refractivity contribution is -0.125. The van der Waals surface area contributed by atoms with Crippen molar-refractivity contribution in [3.63, 3.8) is 0 Å². The average molecular weight is 253 g/mol.